The lowest BCUT2D eigenvalue weighted by atomic mass is 10.0. The molecular formula is C46H82O4. The van der Waals surface area contributed by atoms with Crippen LogP contribution in [-0.4, -0.2) is 23.1 Å². The molecule has 0 amide bonds. The van der Waals surface area contributed by atoms with Gasteiger partial charge in [0.1, 0.15) is 6.10 Å². The Hall–Kier alpha value is -2.10. The SMILES string of the molecule is CCCCC/C=C\C/C=C\C/C=C\C/C=C\CCCCCC(=O)OC(CCCCCCCC)CCCCCCCCCCCCCCC(=O)O. The number of carbonyl (C=O) groups excluding carboxylic acids is 1. The number of unbranched alkanes of at least 4 members (excludes halogenated alkanes) is 22. The molecule has 1 N–H and O–H groups in total. The zero-order valence-electron chi connectivity index (χ0n) is 33.2. The summed E-state index contributed by atoms with van der Waals surface area (Å²) in [6.45, 7) is 4.51. The number of allylic oxidation sites excluding steroid dienone is 8. The molecule has 0 radical (unpaired) electrons. The molecule has 0 aliphatic rings. The van der Waals surface area contributed by atoms with E-state index in [9.17, 15) is 9.59 Å². The fraction of sp³-hybridized carbons (Fsp3) is 0.783. The summed E-state index contributed by atoms with van der Waals surface area (Å²) in [6, 6.07) is 0. The molecule has 1 unspecified atom stereocenters. The van der Waals surface area contributed by atoms with Gasteiger partial charge >= 0.3 is 11.9 Å². The lowest BCUT2D eigenvalue weighted by Gasteiger charge is -2.18. The van der Waals surface area contributed by atoms with Crippen LogP contribution in [0.15, 0.2) is 48.6 Å². The van der Waals surface area contributed by atoms with Crippen molar-refractivity contribution < 1.29 is 19.4 Å². The second-order valence-corrected chi connectivity index (χ2v) is 14.5. The fourth-order valence-electron chi connectivity index (χ4n) is 6.34. The van der Waals surface area contributed by atoms with Gasteiger partial charge in [0.05, 0.1) is 0 Å². The molecule has 0 aromatic rings. The molecule has 0 heterocycles. The Labute approximate surface area is 311 Å². The van der Waals surface area contributed by atoms with E-state index in [2.05, 4.69) is 62.5 Å². The van der Waals surface area contributed by atoms with Gasteiger partial charge in [0.25, 0.3) is 0 Å². The molecule has 0 spiro atoms. The highest BCUT2D eigenvalue weighted by molar-refractivity contribution is 5.69. The topological polar surface area (TPSA) is 63.6 Å². The normalized spacial score (nSPS) is 12.7. The van der Waals surface area contributed by atoms with Gasteiger partial charge in [0.2, 0.25) is 0 Å². The highest BCUT2D eigenvalue weighted by Gasteiger charge is 2.14. The van der Waals surface area contributed by atoms with Crippen LogP contribution in [0, 0.1) is 0 Å². The number of carboxylic acid groups (broad SMARTS) is 1. The molecule has 4 nitrogen and oxygen atoms in total. The van der Waals surface area contributed by atoms with Crippen LogP contribution in [0.4, 0.5) is 0 Å². The van der Waals surface area contributed by atoms with Gasteiger partial charge in [-0.1, -0.05) is 178 Å². The molecule has 0 aromatic carbocycles. The third-order valence-electron chi connectivity index (χ3n) is 9.55. The first-order valence-corrected chi connectivity index (χ1v) is 21.6. The van der Waals surface area contributed by atoms with Gasteiger partial charge in [-0.25, -0.2) is 0 Å². The van der Waals surface area contributed by atoms with Gasteiger partial charge in [-0.3, -0.25) is 9.59 Å². The van der Waals surface area contributed by atoms with Crippen LogP contribution in [0.2, 0.25) is 0 Å². The summed E-state index contributed by atoms with van der Waals surface area (Å²) in [7, 11) is 0. The van der Waals surface area contributed by atoms with E-state index >= 15 is 0 Å². The van der Waals surface area contributed by atoms with Gasteiger partial charge in [-0.2, -0.15) is 0 Å². The molecule has 0 bridgehead atoms. The zero-order valence-corrected chi connectivity index (χ0v) is 33.2. The average molecular weight is 699 g/mol. The number of hydrogen-bond acceptors (Lipinski definition) is 3. The lowest BCUT2D eigenvalue weighted by molar-refractivity contribution is -0.150. The van der Waals surface area contributed by atoms with Crippen LogP contribution in [0.1, 0.15) is 226 Å². The van der Waals surface area contributed by atoms with Crippen LogP contribution in [0.25, 0.3) is 0 Å². The highest BCUT2D eigenvalue weighted by atomic mass is 16.5. The number of esters is 1. The number of ether oxygens (including phenoxy) is 1. The summed E-state index contributed by atoms with van der Waals surface area (Å²) in [5.41, 5.74) is 0. The van der Waals surface area contributed by atoms with Crippen molar-refractivity contribution in [2.24, 2.45) is 0 Å². The number of aliphatic carboxylic acids is 1. The molecule has 0 aromatic heterocycles. The Morgan fingerprint density at radius 3 is 1.24 bits per heavy atom. The van der Waals surface area contributed by atoms with E-state index in [0.29, 0.717) is 12.8 Å². The summed E-state index contributed by atoms with van der Waals surface area (Å²) in [6.07, 6.45) is 55.8. The molecule has 290 valence electrons. The first kappa shape index (κ1) is 47.9. The van der Waals surface area contributed by atoms with Crippen molar-refractivity contribution in [3.63, 3.8) is 0 Å². The molecule has 0 rings (SSSR count). The minimum atomic E-state index is -0.671. The summed E-state index contributed by atoms with van der Waals surface area (Å²) < 4.78 is 6.04. The van der Waals surface area contributed by atoms with Crippen LogP contribution in [0.5, 0.6) is 0 Å². The zero-order chi connectivity index (χ0) is 36.4. The predicted octanol–water partition coefficient (Wildman–Crippen LogP) is 15.1. The maximum absolute atomic E-state index is 12.7. The maximum Gasteiger partial charge on any atom is 0.306 e. The quantitative estimate of drug-likeness (QED) is 0.0394. The molecule has 0 aliphatic heterocycles. The van der Waals surface area contributed by atoms with Crippen molar-refractivity contribution in [2.75, 3.05) is 0 Å². The smallest absolute Gasteiger partial charge is 0.306 e. The molecule has 4 heteroatoms. The van der Waals surface area contributed by atoms with E-state index in [0.717, 1.165) is 70.6 Å². The predicted molar refractivity (Wildman–Crippen MR) is 218 cm³/mol. The van der Waals surface area contributed by atoms with Crippen LogP contribution < -0.4 is 0 Å². The van der Waals surface area contributed by atoms with Crippen molar-refractivity contribution in [2.45, 2.75) is 232 Å². The number of rotatable bonds is 39. The molecule has 0 saturated carbocycles. The van der Waals surface area contributed by atoms with Gasteiger partial charge < -0.3 is 9.84 Å². The van der Waals surface area contributed by atoms with Gasteiger partial charge in [-0.15, -0.1) is 0 Å². The van der Waals surface area contributed by atoms with Gasteiger partial charge in [-0.05, 0) is 83.5 Å². The first-order chi connectivity index (χ1) is 24.6. The average Bonchev–Trinajstić information content (AvgIpc) is 3.10. The lowest BCUT2D eigenvalue weighted by Crippen LogP contribution is -2.18. The molecular weight excluding hydrogens is 617 g/mol. The molecule has 0 saturated heterocycles. The molecule has 1 atom stereocenters. The second kappa shape index (κ2) is 41.3. The third kappa shape index (κ3) is 40.3. The fourth-order valence-corrected chi connectivity index (χ4v) is 6.34. The van der Waals surface area contributed by atoms with Crippen LogP contribution >= 0.6 is 0 Å². The number of carbonyl (C=O) groups is 2. The summed E-state index contributed by atoms with van der Waals surface area (Å²) >= 11 is 0. The summed E-state index contributed by atoms with van der Waals surface area (Å²) in [5.74, 6) is -0.657. The van der Waals surface area contributed by atoms with E-state index < -0.39 is 5.97 Å². The highest BCUT2D eigenvalue weighted by Crippen LogP contribution is 2.19. The monoisotopic (exact) mass is 699 g/mol. The minimum absolute atomic E-state index is 0.0144. The summed E-state index contributed by atoms with van der Waals surface area (Å²) in [5, 5.41) is 8.70. The number of carboxylic acids is 1. The molecule has 0 fully saturated rings. The number of hydrogen-bond donors (Lipinski definition) is 1. The Morgan fingerprint density at radius 1 is 0.440 bits per heavy atom. The van der Waals surface area contributed by atoms with Crippen molar-refractivity contribution >= 4 is 11.9 Å². The molecule has 50 heavy (non-hydrogen) atoms. The summed E-state index contributed by atoms with van der Waals surface area (Å²) in [4.78, 5) is 23.3. The molecule has 0 aliphatic carbocycles. The Bertz CT molecular complexity index is 839. The van der Waals surface area contributed by atoms with Gasteiger partial charge in [0.15, 0.2) is 0 Å². The van der Waals surface area contributed by atoms with Crippen molar-refractivity contribution in [3.05, 3.63) is 48.6 Å². The second-order valence-electron chi connectivity index (χ2n) is 14.5. The Morgan fingerprint density at radius 2 is 0.780 bits per heavy atom. The Balaban J connectivity index is 3.99. The maximum atomic E-state index is 12.7. The third-order valence-corrected chi connectivity index (χ3v) is 9.55. The van der Waals surface area contributed by atoms with E-state index in [1.807, 2.05) is 0 Å². The van der Waals surface area contributed by atoms with Crippen LogP contribution in [0.3, 0.4) is 0 Å². The van der Waals surface area contributed by atoms with Crippen LogP contribution in [-0.2, 0) is 14.3 Å². The van der Waals surface area contributed by atoms with E-state index in [1.54, 1.807) is 0 Å². The standard InChI is InChI=1S/C46H82O4/c1-3-5-7-9-11-12-13-14-15-16-17-18-19-20-25-28-31-35-39-43-46(49)50-44(40-36-32-10-8-6-4-2)41-37-33-29-26-23-21-22-24-27-30-34-38-42-45(47)48/h11-12,14-15,17-18,20,25,44H,3-10,13,16,19,21-24,26-43H2,1-2H3,(H,47,48)/b12-11-,15-14-,18-17-,25-20-. The van der Waals surface area contributed by atoms with E-state index in [4.69, 9.17) is 9.84 Å². The van der Waals surface area contributed by atoms with Crippen molar-refractivity contribution in [1.82, 2.24) is 0 Å². The minimum Gasteiger partial charge on any atom is -0.481 e. The van der Waals surface area contributed by atoms with Gasteiger partial charge in [0, 0.05) is 12.8 Å². The Kier molecular flexibility index (Phi) is 39.6. The van der Waals surface area contributed by atoms with E-state index in [1.165, 1.54) is 128 Å². The largest absolute Gasteiger partial charge is 0.481 e. The van der Waals surface area contributed by atoms with Crippen molar-refractivity contribution in [1.29, 1.82) is 0 Å². The van der Waals surface area contributed by atoms with E-state index in [-0.39, 0.29) is 12.1 Å². The first-order valence-electron chi connectivity index (χ1n) is 21.6. The van der Waals surface area contributed by atoms with Crippen molar-refractivity contribution in [3.8, 4) is 0 Å².